The molecule has 0 radical (unpaired) electrons. The number of Topliss-reactive ketones (excluding diaryl/α,β-unsaturated/α-hetero) is 1. The molecule has 1 aromatic carbocycles. The van der Waals surface area contributed by atoms with Crippen molar-refractivity contribution in [3.8, 4) is 0 Å². The minimum absolute atomic E-state index is 0.0844. The first-order valence-corrected chi connectivity index (χ1v) is 5.24. The Kier molecular flexibility index (Phi) is 4.04. The SMILES string of the molecule is CCC(OC)C(=O)c1cc(C)ccc1C. The third-order valence-electron chi connectivity index (χ3n) is 2.61. The molecule has 0 amide bonds. The molecule has 0 aliphatic rings. The molecule has 82 valence electrons. The van der Waals surface area contributed by atoms with Crippen LogP contribution in [0.25, 0.3) is 0 Å². The van der Waals surface area contributed by atoms with Gasteiger partial charge >= 0.3 is 0 Å². The largest absolute Gasteiger partial charge is 0.373 e. The molecular weight excluding hydrogens is 188 g/mol. The van der Waals surface area contributed by atoms with Crippen molar-refractivity contribution in [1.29, 1.82) is 0 Å². The fourth-order valence-electron chi connectivity index (χ4n) is 1.63. The maximum atomic E-state index is 12.1. The van der Waals surface area contributed by atoms with Gasteiger partial charge in [-0.05, 0) is 31.9 Å². The van der Waals surface area contributed by atoms with Crippen LogP contribution in [0.15, 0.2) is 18.2 Å². The van der Waals surface area contributed by atoms with Gasteiger partial charge in [-0.15, -0.1) is 0 Å². The van der Waals surface area contributed by atoms with E-state index in [9.17, 15) is 4.79 Å². The molecule has 0 spiro atoms. The molecule has 0 saturated carbocycles. The molecule has 0 aliphatic carbocycles. The Bertz CT molecular complexity index is 352. The molecule has 15 heavy (non-hydrogen) atoms. The summed E-state index contributed by atoms with van der Waals surface area (Å²) in [4.78, 5) is 12.1. The second-order valence-electron chi connectivity index (χ2n) is 3.82. The van der Waals surface area contributed by atoms with E-state index in [1.165, 1.54) is 0 Å². The fourth-order valence-corrected chi connectivity index (χ4v) is 1.63. The maximum absolute atomic E-state index is 12.1. The highest BCUT2D eigenvalue weighted by molar-refractivity contribution is 6.00. The van der Waals surface area contributed by atoms with E-state index in [2.05, 4.69) is 0 Å². The highest BCUT2D eigenvalue weighted by atomic mass is 16.5. The monoisotopic (exact) mass is 206 g/mol. The lowest BCUT2D eigenvalue weighted by Gasteiger charge is -2.13. The Morgan fingerprint density at radius 3 is 2.60 bits per heavy atom. The number of benzene rings is 1. The van der Waals surface area contributed by atoms with E-state index in [-0.39, 0.29) is 11.9 Å². The summed E-state index contributed by atoms with van der Waals surface area (Å²) < 4.78 is 5.16. The second kappa shape index (κ2) is 5.08. The first kappa shape index (κ1) is 11.9. The van der Waals surface area contributed by atoms with Crippen LogP contribution in [0.5, 0.6) is 0 Å². The fraction of sp³-hybridized carbons (Fsp3) is 0.462. The number of methoxy groups -OCH3 is 1. The summed E-state index contributed by atoms with van der Waals surface area (Å²) in [7, 11) is 1.58. The predicted molar refractivity (Wildman–Crippen MR) is 61.3 cm³/mol. The number of rotatable bonds is 4. The van der Waals surface area contributed by atoms with E-state index in [0.717, 1.165) is 16.7 Å². The molecule has 1 rings (SSSR count). The molecule has 0 fully saturated rings. The Morgan fingerprint density at radius 1 is 1.40 bits per heavy atom. The molecule has 0 saturated heterocycles. The van der Waals surface area contributed by atoms with Crippen LogP contribution in [-0.4, -0.2) is 19.0 Å². The van der Waals surface area contributed by atoms with Crippen LogP contribution >= 0.6 is 0 Å². The Balaban J connectivity index is 3.04. The maximum Gasteiger partial charge on any atom is 0.191 e. The average molecular weight is 206 g/mol. The Morgan fingerprint density at radius 2 is 2.07 bits per heavy atom. The van der Waals surface area contributed by atoms with Crippen LogP contribution in [0.3, 0.4) is 0 Å². The standard InChI is InChI=1S/C13H18O2/c1-5-12(15-4)13(14)11-8-9(2)6-7-10(11)3/h6-8,12H,5H2,1-4H3. The predicted octanol–water partition coefficient (Wildman–Crippen LogP) is 2.91. The van der Waals surface area contributed by atoms with Crippen molar-refractivity contribution in [2.75, 3.05) is 7.11 Å². The van der Waals surface area contributed by atoms with Gasteiger partial charge in [-0.3, -0.25) is 4.79 Å². The summed E-state index contributed by atoms with van der Waals surface area (Å²) in [6, 6.07) is 5.92. The molecule has 0 bridgehead atoms. The lowest BCUT2D eigenvalue weighted by molar-refractivity contribution is 0.0595. The molecule has 1 aromatic rings. The van der Waals surface area contributed by atoms with Gasteiger partial charge in [0.25, 0.3) is 0 Å². The number of carbonyl (C=O) groups excluding carboxylic acids is 1. The number of ether oxygens (including phenoxy) is 1. The van der Waals surface area contributed by atoms with E-state index < -0.39 is 0 Å². The summed E-state index contributed by atoms with van der Waals surface area (Å²) in [5.41, 5.74) is 2.90. The molecule has 2 heteroatoms. The minimum Gasteiger partial charge on any atom is -0.373 e. The zero-order chi connectivity index (χ0) is 11.4. The average Bonchev–Trinajstić information content (AvgIpc) is 2.23. The smallest absolute Gasteiger partial charge is 0.191 e. The zero-order valence-electron chi connectivity index (χ0n) is 9.83. The third kappa shape index (κ3) is 2.66. The van der Waals surface area contributed by atoms with Crippen molar-refractivity contribution < 1.29 is 9.53 Å². The van der Waals surface area contributed by atoms with E-state index in [1.54, 1.807) is 7.11 Å². The summed E-state index contributed by atoms with van der Waals surface area (Å²) >= 11 is 0. The first-order chi connectivity index (χ1) is 7.10. The molecule has 1 atom stereocenters. The van der Waals surface area contributed by atoms with Crippen LogP contribution in [0.2, 0.25) is 0 Å². The zero-order valence-corrected chi connectivity index (χ0v) is 9.83. The molecule has 0 N–H and O–H groups in total. The van der Waals surface area contributed by atoms with E-state index in [4.69, 9.17) is 4.74 Å². The second-order valence-corrected chi connectivity index (χ2v) is 3.82. The van der Waals surface area contributed by atoms with Crippen LogP contribution in [-0.2, 0) is 4.74 Å². The lowest BCUT2D eigenvalue weighted by atomic mass is 9.98. The van der Waals surface area contributed by atoms with Crippen molar-refractivity contribution in [3.63, 3.8) is 0 Å². The number of aryl methyl sites for hydroxylation is 2. The van der Waals surface area contributed by atoms with Gasteiger partial charge in [0.15, 0.2) is 5.78 Å². The highest BCUT2D eigenvalue weighted by Crippen LogP contribution is 2.15. The summed E-state index contributed by atoms with van der Waals surface area (Å²) in [6.45, 7) is 5.90. The van der Waals surface area contributed by atoms with Gasteiger partial charge in [-0.2, -0.15) is 0 Å². The molecule has 0 aliphatic heterocycles. The molecule has 0 heterocycles. The number of hydrogen-bond acceptors (Lipinski definition) is 2. The van der Waals surface area contributed by atoms with Crippen molar-refractivity contribution in [3.05, 3.63) is 34.9 Å². The van der Waals surface area contributed by atoms with Crippen LogP contribution in [0.1, 0.15) is 34.8 Å². The Hall–Kier alpha value is -1.15. The van der Waals surface area contributed by atoms with Crippen molar-refractivity contribution in [1.82, 2.24) is 0 Å². The number of hydrogen-bond donors (Lipinski definition) is 0. The van der Waals surface area contributed by atoms with Gasteiger partial charge in [0.1, 0.15) is 6.10 Å². The van der Waals surface area contributed by atoms with Crippen LogP contribution in [0.4, 0.5) is 0 Å². The minimum atomic E-state index is -0.314. The molecule has 0 aromatic heterocycles. The van der Waals surface area contributed by atoms with E-state index in [1.807, 2.05) is 39.0 Å². The van der Waals surface area contributed by atoms with Gasteiger partial charge in [0.2, 0.25) is 0 Å². The normalized spacial score (nSPS) is 12.5. The molecule has 2 nitrogen and oxygen atoms in total. The van der Waals surface area contributed by atoms with Crippen molar-refractivity contribution >= 4 is 5.78 Å². The van der Waals surface area contributed by atoms with Crippen LogP contribution in [0, 0.1) is 13.8 Å². The van der Waals surface area contributed by atoms with Gasteiger partial charge in [0.05, 0.1) is 0 Å². The highest BCUT2D eigenvalue weighted by Gasteiger charge is 2.19. The quantitative estimate of drug-likeness (QED) is 0.708. The molecule has 1 unspecified atom stereocenters. The van der Waals surface area contributed by atoms with Crippen molar-refractivity contribution in [2.24, 2.45) is 0 Å². The summed E-state index contributed by atoms with van der Waals surface area (Å²) in [6.07, 6.45) is 0.397. The lowest BCUT2D eigenvalue weighted by Crippen LogP contribution is -2.22. The number of carbonyl (C=O) groups is 1. The van der Waals surface area contributed by atoms with Gasteiger partial charge in [-0.1, -0.05) is 24.6 Å². The molecular formula is C13H18O2. The topological polar surface area (TPSA) is 26.3 Å². The third-order valence-corrected chi connectivity index (χ3v) is 2.61. The summed E-state index contributed by atoms with van der Waals surface area (Å²) in [5, 5.41) is 0. The Labute approximate surface area is 91.3 Å². The van der Waals surface area contributed by atoms with Crippen molar-refractivity contribution in [2.45, 2.75) is 33.3 Å². The van der Waals surface area contributed by atoms with Crippen LogP contribution < -0.4 is 0 Å². The first-order valence-electron chi connectivity index (χ1n) is 5.24. The van der Waals surface area contributed by atoms with E-state index >= 15 is 0 Å². The van der Waals surface area contributed by atoms with Gasteiger partial charge in [-0.25, -0.2) is 0 Å². The summed E-state index contributed by atoms with van der Waals surface area (Å²) in [5.74, 6) is 0.0844. The van der Waals surface area contributed by atoms with Gasteiger partial charge in [0, 0.05) is 12.7 Å². The van der Waals surface area contributed by atoms with Gasteiger partial charge < -0.3 is 4.74 Å². The van der Waals surface area contributed by atoms with E-state index in [0.29, 0.717) is 6.42 Å². The number of ketones is 1.